The molecular weight excluding hydrogens is 236 g/mol. The number of rotatable bonds is 2. The molecule has 0 spiro atoms. The Balaban J connectivity index is 1.86. The Kier molecular flexibility index (Phi) is 3.17. The molecule has 1 aliphatic heterocycles. The molecule has 0 unspecified atom stereocenters. The summed E-state index contributed by atoms with van der Waals surface area (Å²) in [7, 11) is 0. The van der Waals surface area contributed by atoms with E-state index in [0.29, 0.717) is 5.95 Å². The number of aryl methyl sites for hydroxylation is 2. The summed E-state index contributed by atoms with van der Waals surface area (Å²) in [5, 5.41) is 6.62. The summed E-state index contributed by atoms with van der Waals surface area (Å²) in [5.74, 6) is 0.686. The minimum atomic E-state index is 0.686. The second-order valence-electron chi connectivity index (χ2n) is 5.09. The predicted octanol–water partition coefficient (Wildman–Crippen LogP) is 2.48. The van der Waals surface area contributed by atoms with Gasteiger partial charge in [0.2, 0.25) is 5.95 Å². The number of anilines is 2. The van der Waals surface area contributed by atoms with Gasteiger partial charge in [0, 0.05) is 37.0 Å². The molecule has 4 nitrogen and oxygen atoms in total. The van der Waals surface area contributed by atoms with Gasteiger partial charge in [-0.2, -0.15) is 0 Å². The molecule has 1 aromatic heterocycles. The molecule has 0 bridgehead atoms. The van der Waals surface area contributed by atoms with Crippen LogP contribution < -0.4 is 10.6 Å². The van der Waals surface area contributed by atoms with Gasteiger partial charge in [-0.15, -0.1) is 0 Å². The molecule has 0 amide bonds. The van der Waals surface area contributed by atoms with E-state index in [1.54, 1.807) is 0 Å². The number of aromatic nitrogens is 2. The summed E-state index contributed by atoms with van der Waals surface area (Å²) in [6.45, 7) is 6.06. The van der Waals surface area contributed by atoms with Crippen molar-refractivity contribution in [3.63, 3.8) is 0 Å². The zero-order chi connectivity index (χ0) is 13.2. The molecular formula is C15H18N4. The monoisotopic (exact) mass is 254 g/mol. The highest BCUT2D eigenvalue weighted by Crippen LogP contribution is 2.19. The molecule has 2 heterocycles. The zero-order valence-electron chi connectivity index (χ0n) is 11.3. The van der Waals surface area contributed by atoms with E-state index in [-0.39, 0.29) is 0 Å². The van der Waals surface area contributed by atoms with Crippen molar-refractivity contribution >= 4 is 11.6 Å². The van der Waals surface area contributed by atoms with Gasteiger partial charge in [-0.25, -0.2) is 9.97 Å². The van der Waals surface area contributed by atoms with Crippen molar-refractivity contribution in [1.29, 1.82) is 0 Å². The Labute approximate surface area is 113 Å². The third-order valence-electron chi connectivity index (χ3n) is 3.29. The molecule has 98 valence electrons. The van der Waals surface area contributed by atoms with Gasteiger partial charge in [0.25, 0.3) is 0 Å². The number of hydrogen-bond acceptors (Lipinski definition) is 4. The maximum absolute atomic E-state index is 4.61. The maximum atomic E-state index is 4.61. The van der Waals surface area contributed by atoms with Crippen LogP contribution in [-0.4, -0.2) is 16.5 Å². The lowest BCUT2D eigenvalue weighted by atomic mass is 10.1. The zero-order valence-corrected chi connectivity index (χ0v) is 11.3. The van der Waals surface area contributed by atoms with Crippen LogP contribution in [-0.2, 0) is 13.0 Å². The number of fused-ring (bicyclic) bond motifs is 1. The molecule has 1 aromatic carbocycles. The Morgan fingerprint density at radius 1 is 1.16 bits per heavy atom. The smallest absolute Gasteiger partial charge is 0.227 e. The van der Waals surface area contributed by atoms with Crippen LogP contribution in [0.1, 0.15) is 22.4 Å². The normalized spacial score (nSPS) is 14.0. The van der Waals surface area contributed by atoms with Crippen LogP contribution in [0.3, 0.4) is 0 Å². The predicted molar refractivity (Wildman–Crippen MR) is 76.6 cm³/mol. The van der Waals surface area contributed by atoms with Gasteiger partial charge in [-0.1, -0.05) is 6.07 Å². The van der Waals surface area contributed by atoms with Crippen molar-refractivity contribution < 1.29 is 0 Å². The van der Waals surface area contributed by atoms with Crippen LogP contribution in [0.5, 0.6) is 0 Å². The van der Waals surface area contributed by atoms with Crippen molar-refractivity contribution in [2.45, 2.75) is 26.8 Å². The summed E-state index contributed by atoms with van der Waals surface area (Å²) in [5.41, 5.74) is 5.89. The fourth-order valence-corrected chi connectivity index (χ4v) is 2.47. The molecule has 0 fully saturated rings. The van der Waals surface area contributed by atoms with Gasteiger partial charge in [0.05, 0.1) is 5.69 Å². The average Bonchev–Trinajstić information content (AvgIpc) is 2.37. The van der Waals surface area contributed by atoms with Crippen LogP contribution in [0, 0.1) is 13.8 Å². The highest BCUT2D eigenvalue weighted by molar-refractivity contribution is 5.56. The minimum Gasteiger partial charge on any atom is -0.324 e. The number of benzene rings is 1. The van der Waals surface area contributed by atoms with E-state index in [1.807, 2.05) is 6.20 Å². The number of nitrogens with one attached hydrogen (secondary N) is 2. The Morgan fingerprint density at radius 2 is 1.95 bits per heavy atom. The van der Waals surface area contributed by atoms with E-state index < -0.39 is 0 Å². The van der Waals surface area contributed by atoms with Crippen LogP contribution in [0.25, 0.3) is 0 Å². The van der Waals surface area contributed by atoms with E-state index in [1.165, 1.54) is 16.7 Å². The van der Waals surface area contributed by atoms with Crippen LogP contribution in [0.15, 0.2) is 24.4 Å². The molecule has 0 radical (unpaired) electrons. The van der Waals surface area contributed by atoms with Gasteiger partial charge in [0.15, 0.2) is 0 Å². The third-order valence-corrected chi connectivity index (χ3v) is 3.29. The molecule has 1 aliphatic rings. The van der Waals surface area contributed by atoms with Crippen LogP contribution in [0.2, 0.25) is 0 Å². The third kappa shape index (κ3) is 2.74. The summed E-state index contributed by atoms with van der Waals surface area (Å²) in [4.78, 5) is 8.99. The first kappa shape index (κ1) is 12.1. The van der Waals surface area contributed by atoms with Crippen molar-refractivity contribution in [1.82, 2.24) is 15.3 Å². The SMILES string of the molecule is Cc1cc(C)cc(Nc2ncc3c(n2)CCNC3)c1. The van der Waals surface area contributed by atoms with E-state index in [4.69, 9.17) is 0 Å². The topological polar surface area (TPSA) is 49.8 Å². The standard InChI is InChI=1S/C15H18N4/c1-10-5-11(2)7-13(6-10)18-15-17-9-12-8-16-4-3-14(12)19-15/h5-7,9,16H,3-4,8H2,1-2H3,(H,17,18,19). The van der Waals surface area contributed by atoms with Crippen molar-refractivity contribution in [2.75, 3.05) is 11.9 Å². The van der Waals surface area contributed by atoms with E-state index in [0.717, 1.165) is 30.9 Å². The first-order valence-electron chi connectivity index (χ1n) is 6.61. The minimum absolute atomic E-state index is 0.686. The lowest BCUT2D eigenvalue weighted by Gasteiger charge is -2.16. The molecule has 0 atom stereocenters. The summed E-state index contributed by atoms with van der Waals surface area (Å²) < 4.78 is 0. The summed E-state index contributed by atoms with van der Waals surface area (Å²) in [6.07, 6.45) is 2.89. The van der Waals surface area contributed by atoms with E-state index in [9.17, 15) is 0 Å². The Bertz CT molecular complexity index is 587. The fraction of sp³-hybridized carbons (Fsp3) is 0.333. The first-order chi connectivity index (χ1) is 9.20. The Morgan fingerprint density at radius 3 is 2.74 bits per heavy atom. The van der Waals surface area contributed by atoms with Gasteiger partial charge in [-0.05, 0) is 37.1 Å². The quantitative estimate of drug-likeness (QED) is 0.864. The van der Waals surface area contributed by atoms with E-state index in [2.05, 4.69) is 52.6 Å². The lowest BCUT2D eigenvalue weighted by molar-refractivity contribution is 0.627. The van der Waals surface area contributed by atoms with Gasteiger partial charge >= 0.3 is 0 Å². The van der Waals surface area contributed by atoms with Crippen molar-refractivity contribution in [3.05, 3.63) is 46.8 Å². The lowest BCUT2D eigenvalue weighted by Crippen LogP contribution is -2.25. The van der Waals surface area contributed by atoms with Crippen molar-refractivity contribution in [3.8, 4) is 0 Å². The molecule has 2 aromatic rings. The molecule has 19 heavy (non-hydrogen) atoms. The van der Waals surface area contributed by atoms with E-state index >= 15 is 0 Å². The summed E-state index contributed by atoms with van der Waals surface area (Å²) in [6, 6.07) is 6.37. The number of nitrogens with zero attached hydrogens (tertiary/aromatic N) is 2. The summed E-state index contributed by atoms with van der Waals surface area (Å²) >= 11 is 0. The second kappa shape index (κ2) is 4.97. The van der Waals surface area contributed by atoms with Gasteiger partial charge in [0.1, 0.15) is 0 Å². The molecule has 0 saturated carbocycles. The maximum Gasteiger partial charge on any atom is 0.227 e. The second-order valence-corrected chi connectivity index (χ2v) is 5.09. The molecule has 0 aliphatic carbocycles. The largest absolute Gasteiger partial charge is 0.324 e. The average molecular weight is 254 g/mol. The molecule has 2 N–H and O–H groups in total. The van der Waals surface area contributed by atoms with Crippen LogP contribution >= 0.6 is 0 Å². The fourth-order valence-electron chi connectivity index (χ4n) is 2.47. The number of hydrogen-bond donors (Lipinski definition) is 2. The van der Waals surface area contributed by atoms with Crippen molar-refractivity contribution in [2.24, 2.45) is 0 Å². The highest BCUT2D eigenvalue weighted by Gasteiger charge is 2.11. The van der Waals surface area contributed by atoms with Gasteiger partial charge in [-0.3, -0.25) is 0 Å². The Hall–Kier alpha value is -1.94. The molecule has 4 heteroatoms. The molecule has 0 saturated heterocycles. The first-order valence-corrected chi connectivity index (χ1v) is 6.61. The highest BCUT2D eigenvalue weighted by atomic mass is 15.1. The van der Waals surface area contributed by atoms with Crippen LogP contribution in [0.4, 0.5) is 11.6 Å². The molecule has 3 rings (SSSR count). The van der Waals surface area contributed by atoms with Gasteiger partial charge < -0.3 is 10.6 Å².